The van der Waals surface area contributed by atoms with Crippen LogP contribution < -0.4 is 5.32 Å². The molecule has 2 aromatic heterocycles. The Balaban J connectivity index is 2.20. The van der Waals surface area contributed by atoms with Gasteiger partial charge >= 0.3 is 5.97 Å². The van der Waals surface area contributed by atoms with Crippen molar-refractivity contribution in [1.82, 2.24) is 19.6 Å². The van der Waals surface area contributed by atoms with Crippen LogP contribution >= 0.6 is 15.9 Å². The summed E-state index contributed by atoms with van der Waals surface area (Å²) in [5.41, 5.74) is 0.392. The minimum atomic E-state index is -0.600. The van der Waals surface area contributed by atoms with Gasteiger partial charge in [-0.05, 0) is 29.8 Å². The number of anilines is 1. The predicted octanol–water partition coefficient (Wildman–Crippen LogP) is 1.85. The van der Waals surface area contributed by atoms with E-state index in [1.807, 2.05) is 6.92 Å². The number of aromatic nitrogens is 4. The highest BCUT2D eigenvalue weighted by molar-refractivity contribution is 9.10. The second kappa shape index (κ2) is 6.73. The van der Waals surface area contributed by atoms with Crippen molar-refractivity contribution in [3.8, 4) is 0 Å². The van der Waals surface area contributed by atoms with E-state index in [0.717, 1.165) is 4.47 Å². The Morgan fingerprint density at radius 1 is 1.45 bits per heavy atom. The molecule has 0 radical (unpaired) electrons. The zero-order valence-electron chi connectivity index (χ0n) is 12.4. The number of hydrogen-bond acceptors (Lipinski definition) is 5. The summed E-state index contributed by atoms with van der Waals surface area (Å²) >= 11 is 3.28. The number of rotatable bonds is 5. The molecule has 1 amide bonds. The Morgan fingerprint density at radius 2 is 2.18 bits per heavy atom. The van der Waals surface area contributed by atoms with Crippen LogP contribution in [0.1, 0.15) is 30.4 Å². The summed E-state index contributed by atoms with van der Waals surface area (Å²) in [6.45, 7) is 4.15. The van der Waals surface area contributed by atoms with E-state index in [1.165, 1.54) is 11.8 Å². The lowest BCUT2D eigenvalue weighted by Gasteiger charge is -2.12. The molecule has 0 bridgehead atoms. The lowest BCUT2D eigenvalue weighted by molar-refractivity contribution is -0.119. The Bertz CT molecular complexity index is 694. The molecule has 2 heterocycles. The smallest absolute Gasteiger partial charge is 0.360 e. The van der Waals surface area contributed by atoms with Crippen molar-refractivity contribution in [3.05, 3.63) is 28.8 Å². The molecule has 22 heavy (non-hydrogen) atoms. The van der Waals surface area contributed by atoms with Crippen molar-refractivity contribution in [2.75, 3.05) is 12.4 Å². The standard InChI is InChI=1S/C13H16BrN5O3/c1-4-18-7-10(11(17-18)13(21)22-3)16-12(20)8(2)19-6-9(14)5-15-19/h5-8H,4H2,1-3H3,(H,16,20). The van der Waals surface area contributed by atoms with Crippen molar-refractivity contribution >= 4 is 33.5 Å². The molecule has 0 saturated carbocycles. The zero-order valence-corrected chi connectivity index (χ0v) is 14.0. The van der Waals surface area contributed by atoms with E-state index in [1.54, 1.807) is 30.2 Å². The Kier molecular flexibility index (Phi) is 4.96. The second-order valence-corrected chi connectivity index (χ2v) is 5.46. The summed E-state index contributed by atoms with van der Waals surface area (Å²) in [6, 6.07) is -0.540. The van der Waals surface area contributed by atoms with Crippen molar-refractivity contribution in [2.45, 2.75) is 26.4 Å². The Labute approximate surface area is 135 Å². The van der Waals surface area contributed by atoms with E-state index >= 15 is 0 Å². The van der Waals surface area contributed by atoms with Crippen LogP contribution in [0.4, 0.5) is 5.69 Å². The van der Waals surface area contributed by atoms with Crippen molar-refractivity contribution in [2.24, 2.45) is 0 Å². The van der Waals surface area contributed by atoms with Gasteiger partial charge in [-0.2, -0.15) is 10.2 Å². The number of carbonyl (C=O) groups is 2. The maximum atomic E-state index is 12.3. The van der Waals surface area contributed by atoms with E-state index in [4.69, 9.17) is 0 Å². The number of nitrogens with zero attached hydrogens (tertiary/aromatic N) is 4. The first-order valence-electron chi connectivity index (χ1n) is 6.62. The van der Waals surface area contributed by atoms with E-state index in [-0.39, 0.29) is 11.6 Å². The highest BCUT2D eigenvalue weighted by Crippen LogP contribution is 2.18. The Hall–Kier alpha value is -2.16. The van der Waals surface area contributed by atoms with Crippen LogP contribution in [-0.4, -0.2) is 38.5 Å². The molecule has 0 fully saturated rings. The molecule has 0 saturated heterocycles. The molecule has 9 heteroatoms. The maximum Gasteiger partial charge on any atom is 0.360 e. The average molecular weight is 370 g/mol. The highest BCUT2D eigenvalue weighted by atomic mass is 79.9. The first-order valence-corrected chi connectivity index (χ1v) is 7.41. The van der Waals surface area contributed by atoms with Gasteiger partial charge in [0.2, 0.25) is 5.91 Å². The highest BCUT2D eigenvalue weighted by Gasteiger charge is 2.22. The van der Waals surface area contributed by atoms with E-state index in [9.17, 15) is 9.59 Å². The summed E-state index contributed by atoms with van der Waals surface area (Å²) in [6.07, 6.45) is 4.88. The Morgan fingerprint density at radius 3 is 2.73 bits per heavy atom. The van der Waals surface area contributed by atoms with Crippen LogP contribution in [0.25, 0.3) is 0 Å². The molecule has 0 aliphatic carbocycles. The van der Waals surface area contributed by atoms with Crippen LogP contribution in [-0.2, 0) is 16.1 Å². The van der Waals surface area contributed by atoms with E-state index < -0.39 is 12.0 Å². The predicted molar refractivity (Wildman–Crippen MR) is 82.5 cm³/mol. The summed E-state index contributed by atoms with van der Waals surface area (Å²) in [5, 5.41) is 10.8. The van der Waals surface area contributed by atoms with Gasteiger partial charge in [-0.3, -0.25) is 14.2 Å². The molecular weight excluding hydrogens is 354 g/mol. The third-order valence-electron chi connectivity index (χ3n) is 3.07. The van der Waals surface area contributed by atoms with Gasteiger partial charge < -0.3 is 10.1 Å². The second-order valence-electron chi connectivity index (χ2n) is 4.54. The SMILES string of the molecule is CCn1cc(NC(=O)C(C)n2cc(Br)cn2)c(C(=O)OC)n1. The fraction of sp³-hybridized carbons (Fsp3) is 0.385. The van der Waals surface area contributed by atoms with Crippen LogP contribution in [0.15, 0.2) is 23.1 Å². The number of ether oxygens (including phenoxy) is 1. The topological polar surface area (TPSA) is 91.0 Å². The first-order chi connectivity index (χ1) is 10.5. The fourth-order valence-electron chi connectivity index (χ4n) is 1.81. The van der Waals surface area contributed by atoms with Gasteiger partial charge in [0.25, 0.3) is 0 Å². The van der Waals surface area contributed by atoms with Gasteiger partial charge in [0.15, 0.2) is 5.69 Å². The molecule has 118 valence electrons. The van der Waals surface area contributed by atoms with Gasteiger partial charge in [-0.25, -0.2) is 4.79 Å². The molecule has 1 N–H and O–H groups in total. The quantitative estimate of drug-likeness (QED) is 0.812. The minimum Gasteiger partial charge on any atom is -0.464 e. The van der Waals surface area contributed by atoms with Crippen molar-refractivity contribution in [3.63, 3.8) is 0 Å². The molecule has 2 rings (SSSR count). The molecule has 1 atom stereocenters. The molecule has 0 aliphatic heterocycles. The number of amides is 1. The maximum absolute atomic E-state index is 12.3. The fourth-order valence-corrected chi connectivity index (χ4v) is 2.11. The number of hydrogen-bond donors (Lipinski definition) is 1. The van der Waals surface area contributed by atoms with Crippen LogP contribution in [0.2, 0.25) is 0 Å². The summed E-state index contributed by atoms with van der Waals surface area (Å²) < 4.78 is 8.52. The number of nitrogens with one attached hydrogen (secondary N) is 1. The molecule has 1 unspecified atom stereocenters. The van der Waals surface area contributed by atoms with Crippen LogP contribution in [0, 0.1) is 0 Å². The normalized spacial score (nSPS) is 12.0. The summed E-state index contributed by atoms with van der Waals surface area (Å²) in [7, 11) is 1.27. The monoisotopic (exact) mass is 369 g/mol. The van der Waals surface area contributed by atoms with Gasteiger partial charge in [0, 0.05) is 18.9 Å². The number of esters is 1. The van der Waals surface area contributed by atoms with Gasteiger partial charge in [-0.1, -0.05) is 0 Å². The zero-order chi connectivity index (χ0) is 16.3. The van der Waals surface area contributed by atoms with Crippen molar-refractivity contribution < 1.29 is 14.3 Å². The number of carbonyl (C=O) groups excluding carboxylic acids is 2. The third kappa shape index (κ3) is 3.35. The van der Waals surface area contributed by atoms with E-state index in [2.05, 4.69) is 36.2 Å². The van der Waals surface area contributed by atoms with Gasteiger partial charge in [0.1, 0.15) is 6.04 Å². The molecule has 0 aliphatic rings. The molecule has 0 spiro atoms. The molecule has 8 nitrogen and oxygen atoms in total. The van der Waals surface area contributed by atoms with Crippen molar-refractivity contribution in [1.29, 1.82) is 0 Å². The third-order valence-corrected chi connectivity index (χ3v) is 3.48. The van der Waals surface area contributed by atoms with Gasteiger partial charge in [-0.15, -0.1) is 0 Å². The number of aryl methyl sites for hydroxylation is 1. The summed E-state index contributed by atoms with van der Waals surface area (Å²) in [5.74, 6) is -0.909. The molecular formula is C13H16BrN5O3. The minimum absolute atomic E-state index is 0.0755. The largest absolute Gasteiger partial charge is 0.464 e. The molecule has 2 aromatic rings. The van der Waals surface area contributed by atoms with E-state index in [0.29, 0.717) is 12.2 Å². The van der Waals surface area contributed by atoms with Crippen LogP contribution in [0.3, 0.4) is 0 Å². The number of methoxy groups -OCH3 is 1. The van der Waals surface area contributed by atoms with Crippen LogP contribution in [0.5, 0.6) is 0 Å². The van der Waals surface area contributed by atoms with Gasteiger partial charge in [0.05, 0.1) is 23.5 Å². The first kappa shape index (κ1) is 16.2. The molecule has 0 aromatic carbocycles. The number of halogens is 1. The lowest BCUT2D eigenvalue weighted by Crippen LogP contribution is -2.24. The average Bonchev–Trinajstić information content (AvgIpc) is 3.11. The summed E-state index contributed by atoms with van der Waals surface area (Å²) in [4.78, 5) is 24.0. The lowest BCUT2D eigenvalue weighted by atomic mass is 10.3.